The molecule has 0 aliphatic rings. The average molecular weight is 396 g/mol. The number of anilines is 1. The third kappa shape index (κ3) is 5.38. The van der Waals surface area contributed by atoms with Gasteiger partial charge in [-0.3, -0.25) is 9.59 Å². The van der Waals surface area contributed by atoms with E-state index >= 15 is 0 Å². The van der Waals surface area contributed by atoms with E-state index in [0.29, 0.717) is 22.3 Å². The molecule has 3 aromatic rings. The summed E-state index contributed by atoms with van der Waals surface area (Å²) in [6.07, 6.45) is 0.0425. The smallest absolute Gasteiger partial charge is 0.344 e. The van der Waals surface area contributed by atoms with E-state index in [-0.39, 0.29) is 37.6 Å². The molecule has 1 aromatic heterocycles. The normalized spacial score (nSPS) is 10.5. The molecule has 0 saturated heterocycles. The number of esters is 1. The lowest BCUT2D eigenvalue weighted by atomic mass is 10.2. The zero-order chi connectivity index (χ0) is 20.6. The van der Waals surface area contributed by atoms with Gasteiger partial charge < -0.3 is 14.8 Å². The molecular weight excluding hydrogens is 376 g/mol. The molecule has 2 aromatic carbocycles. The van der Waals surface area contributed by atoms with Gasteiger partial charge in [0.05, 0.1) is 18.5 Å². The highest BCUT2D eigenvalue weighted by Crippen LogP contribution is 2.17. The van der Waals surface area contributed by atoms with E-state index in [1.807, 2.05) is 0 Å². The van der Waals surface area contributed by atoms with E-state index in [0.717, 1.165) is 0 Å². The maximum atomic E-state index is 12.4. The highest BCUT2D eigenvalue weighted by Gasteiger charge is 2.09. The van der Waals surface area contributed by atoms with E-state index in [1.165, 1.54) is 4.68 Å². The fraction of sp³-hybridized carbons (Fsp3) is 0.250. The summed E-state index contributed by atoms with van der Waals surface area (Å²) in [5.74, 6) is -0.342. The molecule has 1 N–H and O–H groups in total. The van der Waals surface area contributed by atoms with Crippen LogP contribution in [0.1, 0.15) is 13.3 Å². The van der Waals surface area contributed by atoms with Crippen molar-refractivity contribution in [1.29, 1.82) is 0 Å². The Morgan fingerprint density at radius 3 is 2.79 bits per heavy atom. The van der Waals surface area contributed by atoms with E-state index in [4.69, 9.17) is 9.47 Å². The molecule has 0 radical (unpaired) electrons. The molecule has 0 bridgehead atoms. The highest BCUT2D eigenvalue weighted by molar-refractivity contribution is 5.90. The van der Waals surface area contributed by atoms with E-state index < -0.39 is 5.97 Å². The summed E-state index contributed by atoms with van der Waals surface area (Å²) < 4.78 is 11.3. The molecule has 0 atom stereocenters. The molecule has 9 nitrogen and oxygen atoms in total. The molecular formula is C20H20N4O5. The first kappa shape index (κ1) is 20.0. The number of aromatic nitrogens is 3. The van der Waals surface area contributed by atoms with E-state index in [9.17, 15) is 14.4 Å². The van der Waals surface area contributed by atoms with Gasteiger partial charge in [0.15, 0.2) is 6.61 Å². The Morgan fingerprint density at radius 2 is 1.97 bits per heavy atom. The number of fused-ring (bicyclic) bond motifs is 1. The number of aryl methyl sites for hydroxylation is 1. The van der Waals surface area contributed by atoms with Gasteiger partial charge in [0, 0.05) is 18.2 Å². The van der Waals surface area contributed by atoms with Gasteiger partial charge in [0.2, 0.25) is 5.91 Å². The van der Waals surface area contributed by atoms with Crippen LogP contribution >= 0.6 is 0 Å². The molecule has 0 aliphatic carbocycles. The molecule has 1 amide bonds. The number of nitrogens with zero attached hydrogens (tertiary/aromatic N) is 3. The van der Waals surface area contributed by atoms with Gasteiger partial charge in [-0.15, -0.1) is 5.10 Å². The molecule has 0 spiro atoms. The molecule has 9 heteroatoms. The van der Waals surface area contributed by atoms with Gasteiger partial charge in [-0.25, -0.2) is 9.48 Å². The molecule has 150 valence electrons. The topological polar surface area (TPSA) is 112 Å². The van der Waals surface area contributed by atoms with Crippen molar-refractivity contribution in [2.45, 2.75) is 19.9 Å². The maximum absolute atomic E-state index is 12.4. The summed E-state index contributed by atoms with van der Waals surface area (Å²) in [5, 5.41) is 11.0. The lowest BCUT2D eigenvalue weighted by Gasteiger charge is -2.09. The van der Waals surface area contributed by atoms with Gasteiger partial charge in [0.1, 0.15) is 11.3 Å². The van der Waals surface area contributed by atoms with Crippen molar-refractivity contribution in [3.05, 3.63) is 58.9 Å². The van der Waals surface area contributed by atoms with Gasteiger partial charge in [-0.1, -0.05) is 23.4 Å². The Morgan fingerprint density at radius 1 is 1.14 bits per heavy atom. The number of hydrogen-bond acceptors (Lipinski definition) is 7. The van der Waals surface area contributed by atoms with Crippen molar-refractivity contribution in [2.75, 3.05) is 18.5 Å². The molecule has 29 heavy (non-hydrogen) atoms. The zero-order valence-corrected chi connectivity index (χ0v) is 15.8. The average Bonchev–Trinajstić information content (AvgIpc) is 2.72. The lowest BCUT2D eigenvalue weighted by Crippen LogP contribution is -2.26. The number of benzene rings is 2. The predicted octanol–water partition coefficient (Wildman–Crippen LogP) is 1.76. The standard InChI is InChI=1S/C20H20N4O5/c1-2-28-19(26)13-29-15-7-5-6-14(12-15)21-18(25)10-11-24-20(27)16-8-3-4-9-17(16)22-23-24/h3-9,12H,2,10-11,13H2,1H3,(H,21,25). The SMILES string of the molecule is CCOC(=O)COc1cccc(NC(=O)CCn2nnc3ccccc3c2=O)c1. The second kappa shape index (κ2) is 9.45. The van der Waals surface area contributed by atoms with Crippen molar-refractivity contribution in [3.8, 4) is 5.75 Å². The first-order chi connectivity index (χ1) is 14.1. The Labute approximate surface area is 166 Å². The van der Waals surface area contributed by atoms with Crippen molar-refractivity contribution in [3.63, 3.8) is 0 Å². The van der Waals surface area contributed by atoms with Crippen LogP contribution in [0.4, 0.5) is 5.69 Å². The number of carbonyl (C=O) groups excluding carboxylic acids is 2. The molecule has 0 aliphatic heterocycles. The molecule has 0 saturated carbocycles. The van der Waals surface area contributed by atoms with Crippen LogP contribution in [0.3, 0.4) is 0 Å². The van der Waals surface area contributed by atoms with Crippen LogP contribution in [-0.4, -0.2) is 40.1 Å². The quantitative estimate of drug-likeness (QED) is 0.577. The van der Waals surface area contributed by atoms with Crippen LogP contribution in [0.15, 0.2) is 53.3 Å². The summed E-state index contributed by atoms with van der Waals surface area (Å²) in [6.45, 7) is 1.88. The molecule has 1 heterocycles. The summed E-state index contributed by atoms with van der Waals surface area (Å²) in [4.78, 5) is 36.0. The highest BCUT2D eigenvalue weighted by atomic mass is 16.6. The van der Waals surface area contributed by atoms with Gasteiger partial charge in [-0.05, 0) is 31.2 Å². The van der Waals surface area contributed by atoms with Gasteiger partial charge in [-0.2, -0.15) is 0 Å². The van der Waals surface area contributed by atoms with Crippen LogP contribution in [0.25, 0.3) is 10.9 Å². The van der Waals surface area contributed by atoms with Crippen molar-refractivity contribution >= 4 is 28.5 Å². The van der Waals surface area contributed by atoms with Crippen LogP contribution in [0.5, 0.6) is 5.75 Å². The second-order valence-electron chi connectivity index (χ2n) is 6.05. The van der Waals surface area contributed by atoms with Gasteiger partial charge >= 0.3 is 5.97 Å². The number of carbonyl (C=O) groups is 2. The maximum Gasteiger partial charge on any atom is 0.344 e. The summed E-state index contributed by atoms with van der Waals surface area (Å²) in [5.41, 5.74) is 0.726. The molecule has 3 rings (SSSR count). The fourth-order valence-electron chi connectivity index (χ4n) is 2.61. The van der Waals surface area contributed by atoms with Crippen LogP contribution in [0.2, 0.25) is 0 Å². The molecule has 0 unspecified atom stereocenters. The lowest BCUT2D eigenvalue weighted by molar-refractivity contribution is -0.145. The Balaban J connectivity index is 1.57. The third-order valence-electron chi connectivity index (χ3n) is 3.96. The van der Waals surface area contributed by atoms with E-state index in [2.05, 4.69) is 15.6 Å². The van der Waals surface area contributed by atoms with Crippen molar-refractivity contribution in [2.24, 2.45) is 0 Å². The van der Waals surface area contributed by atoms with E-state index in [1.54, 1.807) is 55.5 Å². The van der Waals surface area contributed by atoms with Crippen molar-refractivity contribution < 1.29 is 19.1 Å². The Kier molecular flexibility index (Phi) is 6.51. The number of nitrogens with one attached hydrogen (secondary N) is 1. The summed E-state index contributed by atoms with van der Waals surface area (Å²) >= 11 is 0. The number of rotatable bonds is 8. The predicted molar refractivity (Wildman–Crippen MR) is 106 cm³/mol. The zero-order valence-electron chi connectivity index (χ0n) is 15.8. The molecule has 0 fully saturated rings. The van der Waals surface area contributed by atoms with Gasteiger partial charge in [0.25, 0.3) is 5.56 Å². The number of ether oxygens (including phenoxy) is 2. The van der Waals surface area contributed by atoms with Crippen LogP contribution in [0, 0.1) is 0 Å². The fourth-order valence-corrected chi connectivity index (χ4v) is 2.61. The number of hydrogen-bond donors (Lipinski definition) is 1. The Bertz CT molecular complexity index is 1080. The third-order valence-corrected chi connectivity index (χ3v) is 3.96. The minimum atomic E-state index is -0.469. The number of amides is 1. The van der Waals surface area contributed by atoms with Crippen LogP contribution < -0.4 is 15.6 Å². The second-order valence-corrected chi connectivity index (χ2v) is 6.05. The minimum absolute atomic E-state index is 0.0425. The van der Waals surface area contributed by atoms with Crippen molar-refractivity contribution in [1.82, 2.24) is 15.0 Å². The monoisotopic (exact) mass is 396 g/mol. The first-order valence-electron chi connectivity index (χ1n) is 9.07. The first-order valence-corrected chi connectivity index (χ1v) is 9.07. The largest absolute Gasteiger partial charge is 0.482 e. The summed E-state index contributed by atoms with van der Waals surface area (Å²) in [6, 6.07) is 13.5. The summed E-state index contributed by atoms with van der Waals surface area (Å²) in [7, 11) is 0. The van der Waals surface area contributed by atoms with Crippen LogP contribution in [-0.2, 0) is 20.9 Å². The Hall–Kier alpha value is -3.75. The minimum Gasteiger partial charge on any atom is -0.482 e.